The number of nitrogens with two attached hydrogens (primary N) is 1. The minimum atomic E-state index is 0.737. The molecule has 1 aliphatic heterocycles. The second-order valence-electron chi connectivity index (χ2n) is 4.17. The maximum absolute atomic E-state index is 5.62. The summed E-state index contributed by atoms with van der Waals surface area (Å²) in [5.41, 5.74) is 8.48. The molecule has 2 N–H and O–H groups in total. The van der Waals surface area contributed by atoms with Gasteiger partial charge in [0, 0.05) is 25.3 Å². The molecule has 0 amide bonds. The van der Waals surface area contributed by atoms with E-state index < -0.39 is 0 Å². The Kier molecular flexibility index (Phi) is 2.73. The predicted octanol–water partition coefficient (Wildman–Crippen LogP) is 1.64. The van der Waals surface area contributed by atoms with Crippen molar-refractivity contribution in [2.24, 2.45) is 11.7 Å². The van der Waals surface area contributed by atoms with Crippen LogP contribution in [0.4, 0.5) is 5.69 Å². The topological polar surface area (TPSA) is 29.3 Å². The van der Waals surface area contributed by atoms with Gasteiger partial charge in [0.25, 0.3) is 0 Å². The van der Waals surface area contributed by atoms with Gasteiger partial charge in [0.2, 0.25) is 0 Å². The molecule has 0 radical (unpaired) electrons. The number of para-hydroxylation sites is 1. The Labute approximate surface area is 85.7 Å². The van der Waals surface area contributed by atoms with Gasteiger partial charge in [0.1, 0.15) is 0 Å². The van der Waals surface area contributed by atoms with Crippen molar-refractivity contribution in [3.63, 3.8) is 0 Å². The molecule has 0 spiro atoms. The average molecular weight is 190 g/mol. The second-order valence-corrected chi connectivity index (χ2v) is 4.17. The van der Waals surface area contributed by atoms with E-state index in [4.69, 9.17) is 5.73 Å². The van der Waals surface area contributed by atoms with E-state index in [1.165, 1.54) is 17.7 Å². The van der Waals surface area contributed by atoms with Gasteiger partial charge in [0.05, 0.1) is 0 Å². The van der Waals surface area contributed by atoms with E-state index in [0.717, 1.165) is 25.6 Å². The second kappa shape index (κ2) is 4.01. The van der Waals surface area contributed by atoms with Gasteiger partial charge < -0.3 is 10.6 Å². The Morgan fingerprint density at radius 2 is 2.21 bits per heavy atom. The minimum Gasteiger partial charge on any atom is -0.370 e. The Morgan fingerprint density at radius 3 is 3.00 bits per heavy atom. The predicted molar refractivity (Wildman–Crippen MR) is 60.6 cm³/mol. The van der Waals surface area contributed by atoms with Gasteiger partial charge in [-0.15, -0.1) is 0 Å². The molecule has 1 aromatic rings. The Balaban J connectivity index is 2.28. The van der Waals surface area contributed by atoms with Gasteiger partial charge in [-0.3, -0.25) is 0 Å². The summed E-state index contributed by atoms with van der Waals surface area (Å²) in [5.74, 6) is 0.747. The Morgan fingerprint density at radius 1 is 1.43 bits per heavy atom. The van der Waals surface area contributed by atoms with Crippen LogP contribution in [0.25, 0.3) is 0 Å². The zero-order chi connectivity index (χ0) is 9.97. The number of hydrogen-bond donors (Lipinski definition) is 1. The van der Waals surface area contributed by atoms with Crippen LogP contribution in [0, 0.1) is 5.92 Å². The van der Waals surface area contributed by atoms with Crippen LogP contribution >= 0.6 is 0 Å². The smallest absolute Gasteiger partial charge is 0.0399 e. The fraction of sp³-hybridized carbons (Fsp3) is 0.500. The normalized spacial score (nSPS) is 20.7. The Hall–Kier alpha value is -1.02. The molecule has 1 aromatic carbocycles. The number of fused-ring (bicyclic) bond motifs is 1. The molecule has 1 heterocycles. The van der Waals surface area contributed by atoms with Gasteiger partial charge >= 0.3 is 0 Å². The first-order valence-corrected chi connectivity index (χ1v) is 5.34. The fourth-order valence-corrected chi connectivity index (χ4v) is 2.27. The third kappa shape index (κ3) is 1.75. The molecule has 1 aliphatic rings. The molecule has 0 fully saturated rings. The minimum absolute atomic E-state index is 0.737. The molecule has 0 aliphatic carbocycles. The SMILES string of the molecule is CC1Cc2ccccc2N(CCN)C1. The van der Waals surface area contributed by atoms with Crippen LogP contribution in [-0.4, -0.2) is 19.6 Å². The number of benzene rings is 1. The molecule has 1 unspecified atom stereocenters. The summed E-state index contributed by atoms with van der Waals surface area (Å²) < 4.78 is 0. The molecule has 2 nitrogen and oxygen atoms in total. The highest BCUT2D eigenvalue weighted by atomic mass is 15.1. The van der Waals surface area contributed by atoms with Crippen molar-refractivity contribution < 1.29 is 0 Å². The van der Waals surface area contributed by atoms with Crippen molar-refractivity contribution in [3.05, 3.63) is 29.8 Å². The number of hydrogen-bond acceptors (Lipinski definition) is 2. The molecule has 2 rings (SSSR count). The summed E-state index contributed by atoms with van der Waals surface area (Å²) in [6.45, 7) is 5.16. The van der Waals surface area contributed by atoms with Gasteiger partial charge in [-0.25, -0.2) is 0 Å². The zero-order valence-corrected chi connectivity index (χ0v) is 8.74. The highest BCUT2D eigenvalue weighted by molar-refractivity contribution is 5.55. The van der Waals surface area contributed by atoms with Crippen LogP contribution < -0.4 is 10.6 Å². The fourth-order valence-electron chi connectivity index (χ4n) is 2.27. The summed E-state index contributed by atoms with van der Waals surface area (Å²) in [7, 11) is 0. The molecule has 0 bridgehead atoms. The molecule has 0 saturated heterocycles. The lowest BCUT2D eigenvalue weighted by Crippen LogP contribution is -2.37. The van der Waals surface area contributed by atoms with Crippen LogP contribution in [-0.2, 0) is 6.42 Å². The lowest BCUT2D eigenvalue weighted by atomic mass is 9.94. The molecule has 0 aromatic heterocycles. The zero-order valence-electron chi connectivity index (χ0n) is 8.74. The summed E-state index contributed by atoms with van der Waals surface area (Å²) in [5, 5.41) is 0. The summed E-state index contributed by atoms with van der Waals surface area (Å²) in [4.78, 5) is 2.41. The first-order valence-electron chi connectivity index (χ1n) is 5.34. The third-order valence-corrected chi connectivity index (χ3v) is 2.83. The molecular formula is C12H18N2. The highest BCUT2D eigenvalue weighted by Gasteiger charge is 2.20. The van der Waals surface area contributed by atoms with Gasteiger partial charge in [-0.1, -0.05) is 25.1 Å². The molecule has 2 heteroatoms. The van der Waals surface area contributed by atoms with Gasteiger partial charge in [-0.2, -0.15) is 0 Å². The summed E-state index contributed by atoms with van der Waals surface area (Å²) >= 11 is 0. The van der Waals surface area contributed by atoms with E-state index in [-0.39, 0.29) is 0 Å². The third-order valence-electron chi connectivity index (χ3n) is 2.83. The maximum atomic E-state index is 5.62. The Bertz CT molecular complexity index is 309. The lowest BCUT2D eigenvalue weighted by Gasteiger charge is -2.34. The van der Waals surface area contributed by atoms with Crippen LogP contribution in [0.5, 0.6) is 0 Å². The van der Waals surface area contributed by atoms with Crippen molar-refractivity contribution in [3.8, 4) is 0 Å². The van der Waals surface area contributed by atoms with Crippen molar-refractivity contribution in [2.45, 2.75) is 13.3 Å². The quantitative estimate of drug-likeness (QED) is 0.768. The van der Waals surface area contributed by atoms with E-state index in [0.29, 0.717) is 0 Å². The van der Waals surface area contributed by atoms with Crippen molar-refractivity contribution in [1.82, 2.24) is 0 Å². The molecule has 76 valence electrons. The maximum Gasteiger partial charge on any atom is 0.0399 e. The van der Waals surface area contributed by atoms with Crippen LogP contribution in [0.3, 0.4) is 0 Å². The van der Waals surface area contributed by atoms with Crippen molar-refractivity contribution >= 4 is 5.69 Å². The molecule has 0 saturated carbocycles. The van der Waals surface area contributed by atoms with Crippen molar-refractivity contribution in [2.75, 3.05) is 24.5 Å². The lowest BCUT2D eigenvalue weighted by molar-refractivity contribution is 0.533. The molecular weight excluding hydrogens is 172 g/mol. The van der Waals surface area contributed by atoms with Crippen LogP contribution in [0.1, 0.15) is 12.5 Å². The first-order chi connectivity index (χ1) is 6.81. The molecule has 1 atom stereocenters. The monoisotopic (exact) mass is 190 g/mol. The highest BCUT2D eigenvalue weighted by Crippen LogP contribution is 2.28. The number of nitrogens with zero attached hydrogens (tertiary/aromatic N) is 1. The van der Waals surface area contributed by atoms with Crippen LogP contribution in [0.15, 0.2) is 24.3 Å². The van der Waals surface area contributed by atoms with E-state index in [1.54, 1.807) is 0 Å². The van der Waals surface area contributed by atoms with E-state index in [9.17, 15) is 0 Å². The van der Waals surface area contributed by atoms with E-state index in [2.05, 4.69) is 36.1 Å². The van der Waals surface area contributed by atoms with Gasteiger partial charge in [-0.05, 0) is 24.0 Å². The van der Waals surface area contributed by atoms with E-state index >= 15 is 0 Å². The van der Waals surface area contributed by atoms with Crippen molar-refractivity contribution in [1.29, 1.82) is 0 Å². The van der Waals surface area contributed by atoms with Crippen LogP contribution in [0.2, 0.25) is 0 Å². The molecule has 14 heavy (non-hydrogen) atoms. The number of anilines is 1. The van der Waals surface area contributed by atoms with Gasteiger partial charge in [0.15, 0.2) is 0 Å². The standard InChI is InChI=1S/C12H18N2/c1-10-8-11-4-2-3-5-12(11)14(9-10)7-6-13/h2-5,10H,6-9,13H2,1H3. The largest absolute Gasteiger partial charge is 0.370 e. The first kappa shape index (κ1) is 9.53. The number of rotatable bonds is 2. The summed E-state index contributed by atoms with van der Waals surface area (Å²) in [6, 6.07) is 8.67. The average Bonchev–Trinajstić information content (AvgIpc) is 2.18. The summed E-state index contributed by atoms with van der Waals surface area (Å²) in [6.07, 6.45) is 1.21. The van der Waals surface area contributed by atoms with E-state index in [1.807, 2.05) is 0 Å².